The fourth-order valence-electron chi connectivity index (χ4n) is 2.56. The van der Waals surface area contributed by atoms with Crippen LogP contribution in [0.5, 0.6) is 5.75 Å². The van der Waals surface area contributed by atoms with Crippen LogP contribution in [0.2, 0.25) is 0 Å². The third-order valence-corrected chi connectivity index (χ3v) is 3.65. The number of hydrogen-bond donors (Lipinski definition) is 0. The third kappa shape index (κ3) is 2.89. The Morgan fingerprint density at radius 3 is 2.57 bits per heavy atom. The molecule has 21 heavy (non-hydrogen) atoms. The van der Waals surface area contributed by atoms with Gasteiger partial charge in [-0.2, -0.15) is 4.98 Å². The maximum atomic E-state index is 10.9. The van der Waals surface area contributed by atoms with Gasteiger partial charge in [0.1, 0.15) is 5.75 Å². The van der Waals surface area contributed by atoms with Gasteiger partial charge in [0.05, 0.1) is 13.7 Å². The molecule has 6 heteroatoms. The first-order valence-corrected chi connectivity index (χ1v) is 7.08. The lowest BCUT2D eigenvalue weighted by molar-refractivity contribution is 0.111. The van der Waals surface area contributed by atoms with Crippen molar-refractivity contribution < 1.29 is 9.53 Å². The van der Waals surface area contributed by atoms with Gasteiger partial charge in [-0.3, -0.25) is 4.79 Å². The molecule has 2 heterocycles. The van der Waals surface area contributed by atoms with Gasteiger partial charge in [-0.1, -0.05) is 12.1 Å². The summed E-state index contributed by atoms with van der Waals surface area (Å²) in [6, 6.07) is 7.83. The van der Waals surface area contributed by atoms with E-state index in [-0.39, 0.29) is 5.82 Å². The lowest BCUT2D eigenvalue weighted by Crippen LogP contribution is -2.22. The summed E-state index contributed by atoms with van der Waals surface area (Å²) >= 11 is 0. The highest BCUT2D eigenvalue weighted by Gasteiger charge is 2.20. The van der Waals surface area contributed by atoms with Gasteiger partial charge in [0, 0.05) is 13.1 Å². The number of anilines is 1. The van der Waals surface area contributed by atoms with Crippen LogP contribution < -0.4 is 9.64 Å². The average Bonchev–Trinajstić information content (AvgIpc) is 3.17. The van der Waals surface area contributed by atoms with Gasteiger partial charge in [-0.05, 0) is 30.5 Å². The fourth-order valence-corrected chi connectivity index (χ4v) is 2.56. The minimum atomic E-state index is 0.241. The van der Waals surface area contributed by atoms with Crippen LogP contribution in [-0.2, 0) is 6.54 Å². The highest BCUT2D eigenvalue weighted by atomic mass is 16.5. The van der Waals surface area contributed by atoms with E-state index in [1.165, 1.54) is 0 Å². The first-order valence-electron chi connectivity index (χ1n) is 7.08. The highest BCUT2D eigenvalue weighted by molar-refractivity contribution is 5.69. The molecular formula is C15H18N4O2. The van der Waals surface area contributed by atoms with E-state index in [2.05, 4.69) is 15.0 Å². The van der Waals surface area contributed by atoms with E-state index in [4.69, 9.17) is 4.74 Å². The molecule has 0 N–H and O–H groups in total. The Hall–Kier alpha value is -2.37. The second kappa shape index (κ2) is 5.95. The molecule has 0 unspecified atom stereocenters. The molecule has 0 spiro atoms. The van der Waals surface area contributed by atoms with Crippen LogP contribution in [0.15, 0.2) is 24.3 Å². The molecule has 0 atom stereocenters. The minimum Gasteiger partial charge on any atom is -0.497 e. The van der Waals surface area contributed by atoms with E-state index in [1.807, 2.05) is 24.3 Å². The Morgan fingerprint density at radius 1 is 1.24 bits per heavy atom. The molecule has 0 saturated carbocycles. The molecule has 1 fully saturated rings. The van der Waals surface area contributed by atoms with E-state index in [0.29, 0.717) is 12.8 Å². The molecule has 1 aliphatic heterocycles. The number of carbonyl (C=O) groups is 1. The summed E-state index contributed by atoms with van der Waals surface area (Å²) in [5, 5.41) is 4.28. The van der Waals surface area contributed by atoms with Crippen molar-refractivity contribution in [2.24, 2.45) is 0 Å². The molecule has 0 radical (unpaired) electrons. The number of benzene rings is 1. The van der Waals surface area contributed by atoms with Crippen LogP contribution in [0.4, 0.5) is 5.95 Å². The Morgan fingerprint density at radius 2 is 1.95 bits per heavy atom. The number of aldehydes is 1. The van der Waals surface area contributed by atoms with Crippen LogP contribution in [0.1, 0.15) is 29.0 Å². The number of carbonyl (C=O) groups excluding carboxylic acids is 1. The van der Waals surface area contributed by atoms with E-state index in [0.717, 1.165) is 43.2 Å². The molecule has 110 valence electrons. The number of ether oxygens (including phenoxy) is 1. The van der Waals surface area contributed by atoms with E-state index in [9.17, 15) is 4.79 Å². The van der Waals surface area contributed by atoms with Crippen molar-refractivity contribution in [3.63, 3.8) is 0 Å². The minimum absolute atomic E-state index is 0.241. The summed E-state index contributed by atoms with van der Waals surface area (Å²) in [7, 11) is 1.65. The maximum absolute atomic E-state index is 10.9. The van der Waals surface area contributed by atoms with Crippen LogP contribution >= 0.6 is 0 Å². The Bertz CT molecular complexity index is 615. The summed E-state index contributed by atoms with van der Waals surface area (Å²) in [5.41, 5.74) is 1.10. The molecule has 0 aliphatic carbocycles. The van der Waals surface area contributed by atoms with Gasteiger partial charge >= 0.3 is 0 Å². The fraction of sp³-hybridized carbons (Fsp3) is 0.400. The molecule has 6 nitrogen and oxygen atoms in total. The predicted molar refractivity (Wildman–Crippen MR) is 79.0 cm³/mol. The van der Waals surface area contributed by atoms with Crippen molar-refractivity contribution in [2.45, 2.75) is 19.4 Å². The van der Waals surface area contributed by atoms with E-state index < -0.39 is 0 Å². The molecule has 2 aromatic rings. The normalized spacial score (nSPS) is 14.4. The second-order valence-electron chi connectivity index (χ2n) is 5.09. The molecular weight excluding hydrogens is 268 g/mol. The van der Waals surface area contributed by atoms with E-state index >= 15 is 0 Å². The molecule has 3 rings (SSSR count). The van der Waals surface area contributed by atoms with E-state index in [1.54, 1.807) is 11.8 Å². The Kier molecular flexibility index (Phi) is 3.85. The number of hydrogen-bond acceptors (Lipinski definition) is 5. The summed E-state index contributed by atoms with van der Waals surface area (Å²) < 4.78 is 6.96. The standard InChI is InChI=1S/C15H18N4O2/c1-21-13-6-4-12(5-7-13)10-19-15(16-14(11-20)17-19)18-8-2-3-9-18/h4-7,11H,2-3,8-10H2,1H3. The lowest BCUT2D eigenvalue weighted by atomic mass is 10.2. The Labute approximate surface area is 123 Å². The van der Waals surface area contributed by atoms with Gasteiger partial charge in [-0.15, -0.1) is 5.10 Å². The maximum Gasteiger partial charge on any atom is 0.224 e. The number of rotatable bonds is 5. The summed E-state index contributed by atoms with van der Waals surface area (Å²) in [6.07, 6.45) is 3.02. The lowest BCUT2D eigenvalue weighted by Gasteiger charge is -2.16. The van der Waals surface area contributed by atoms with Crippen molar-refractivity contribution in [1.82, 2.24) is 14.8 Å². The van der Waals surface area contributed by atoms with Crippen molar-refractivity contribution >= 4 is 12.2 Å². The molecule has 1 aromatic carbocycles. The quantitative estimate of drug-likeness (QED) is 0.784. The van der Waals surface area contributed by atoms with Crippen LogP contribution in [0, 0.1) is 0 Å². The predicted octanol–water partition coefficient (Wildman–Crippen LogP) is 1.75. The number of methoxy groups -OCH3 is 1. The number of aromatic nitrogens is 3. The zero-order valence-corrected chi connectivity index (χ0v) is 12.0. The van der Waals surface area contributed by atoms with Crippen LogP contribution in [0.3, 0.4) is 0 Å². The smallest absolute Gasteiger partial charge is 0.224 e. The van der Waals surface area contributed by atoms with Gasteiger partial charge in [0.2, 0.25) is 11.8 Å². The first kappa shape index (κ1) is 13.6. The van der Waals surface area contributed by atoms with Crippen molar-refractivity contribution in [2.75, 3.05) is 25.1 Å². The second-order valence-corrected chi connectivity index (χ2v) is 5.09. The SMILES string of the molecule is COc1ccc(Cn2nc(C=O)nc2N2CCCC2)cc1. The van der Waals surface area contributed by atoms with Crippen molar-refractivity contribution in [1.29, 1.82) is 0 Å². The molecule has 1 aromatic heterocycles. The number of nitrogens with zero attached hydrogens (tertiary/aromatic N) is 4. The van der Waals surface area contributed by atoms with Gasteiger partial charge < -0.3 is 9.64 Å². The van der Waals surface area contributed by atoms with Crippen LogP contribution in [0.25, 0.3) is 0 Å². The first-order chi connectivity index (χ1) is 10.3. The topological polar surface area (TPSA) is 60.3 Å². The largest absolute Gasteiger partial charge is 0.497 e. The zero-order chi connectivity index (χ0) is 14.7. The third-order valence-electron chi connectivity index (χ3n) is 3.65. The summed E-state index contributed by atoms with van der Waals surface area (Å²) in [4.78, 5) is 17.5. The zero-order valence-electron chi connectivity index (χ0n) is 12.0. The van der Waals surface area contributed by atoms with Gasteiger partial charge in [0.25, 0.3) is 0 Å². The highest BCUT2D eigenvalue weighted by Crippen LogP contribution is 2.20. The monoisotopic (exact) mass is 286 g/mol. The van der Waals surface area contributed by atoms with Crippen molar-refractivity contribution in [3.8, 4) is 5.75 Å². The Balaban J connectivity index is 1.85. The average molecular weight is 286 g/mol. The van der Waals surface area contributed by atoms with Crippen molar-refractivity contribution in [3.05, 3.63) is 35.7 Å². The molecule has 1 saturated heterocycles. The molecule has 1 aliphatic rings. The van der Waals surface area contributed by atoms with Crippen LogP contribution in [-0.4, -0.2) is 41.2 Å². The van der Waals surface area contributed by atoms with Gasteiger partial charge in [-0.25, -0.2) is 4.68 Å². The molecule has 0 amide bonds. The summed E-state index contributed by atoms with van der Waals surface area (Å²) in [6.45, 7) is 2.54. The van der Waals surface area contributed by atoms with Gasteiger partial charge in [0.15, 0.2) is 6.29 Å². The summed E-state index contributed by atoms with van der Waals surface area (Å²) in [5.74, 6) is 1.85. The molecule has 0 bridgehead atoms.